The van der Waals surface area contributed by atoms with E-state index >= 15 is 0 Å². The molecule has 0 spiro atoms. The number of fused-ring (bicyclic) bond motifs is 1. The maximum absolute atomic E-state index is 13.4. The second-order valence-corrected chi connectivity index (χ2v) is 12.3. The van der Waals surface area contributed by atoms with Gasteiger partial charge in [0.2, 0.25) is 15.9 Å². The number of aliphatic imine (C=N–C) groups is 1. The lowest BCUT2D eigenvalue weighted by molar-refractivity contribution is -0.115. The summed E-state index contributed by atoms with van der Waals surface area (Å²) in [4.78, 5) is 33.1. The van der Waals surface area contributed by atoms with Gasteiger partial charge in [-0.05, 0) is 72.9 Å². The topological polar surface area (TPSA) is 99.2 Å². The highest BCUT2D eigenvalue weighted by Gasteiger charge is 2.37. The molecule has 1 N–H and O–H groups in total. The molecule has 40 heavy (non-hydrogen) atoms. The van der Waals surface area contributed by atoms with Crippen LogP contribution in [0.3, 0.4) is 0 Å². The molecule has 9 heteroatoms. The maximum Gasteiger partial charge on any atom is 0.253 e. The number of anilines is 1. The van der Waals surface area contributed by atoms with E-state index in [2.05, 4.69) is 5.32 Å². The molecule has 2 amide bonds. The largest absolute Gasteiger partial charge is 0.339 e. The van der Waals surface area contributed by atoms with Gasteiger partial charge in [-0.2, -0.15) is 0 Å². The predicted molar refractivity (Wildman–Crippen MR) is 157 cm³/mol. The number of nitrogens with one attached hydrogen (secondary N) is 1. The van der Waals surface area contributed by atoms with Crippen molar-refractivity contribution in [3.63, 3.8) is 0 Å². The Hall–Kier alpha value is -3.82. The lowest BCUT2D eigenvalue weighted by Gasteiger charge is -2.18. The van der Waals surface area contributed by atoms with E-state index in [4.69, 9.17) is 4.99 Å². The van der Waals surface area contributed by atoms with Crippen molar-refractivity contribution in [2.24, 2.45) is 4.99 Å². The first-order valence-electron chi connectivity index (χ1n) is 13.7. The minimum atomic E-state index is -3.72. The molecule has 8 nitrogen and oxygen atoms in total. The molecular weight excluding hydrogens is 524 g/mol. The third-order valence-electron chi connectivity index (χ3n) is 7.49. The number of nitrogens with zero attached hydrogens (tertiary/aromatic N) is 3. The van der Waals surface area contributed by atoms with Crippen LogP contribution in [-0.2, 0) is 14.8 Å². The normalized spacial score (nSPS) is 17.3. The fourth-order valence-electron chi connectivity index (χ4n) is 5.18. The number of amides is 2. The number of carbonyl (C=O) groups is 2. The lowest BCUT2D eigenvalue weighted by atomic mass is 9.90. The Balaban J connectivity index is 1.53. The quantitative estimate of drug-likeness (QED) is 0.365. The molecule has 1 saturated heterocycles. The van der Waals surface area contributed by atoms with Crippen molar-refractivity contribution in [1.82, 2.24) is 9.21 Å². The standard InChI is InChI=1S/C31H34N4O4S/c1-3-4-18-34(2)40(38,39)25-16-17-27-26(21-25)28(30(36)33-27)29(22-10-6-5-7-11-22)32-24-14-12-23(13-15-24)31(37)35-19-8-9-20-35/h5-7,10-17,21,28H,3-4,8-9,18-20H2,1-2H3,(H,33,36). The number of benzene rings is 3. The maximum atomic E-state index is 13.4. The number of hydrogen-bond acceptors (Lipinski definition) is 5. The molecule has 2 aliphatic heterocycles. The average Bonchev–Trinajstić information content (AvgIpc) is 3.62. The third-order valence-corrected chi connectivity index (χ3v) is 9.34. The van der Waals surface area contributed by atoms with Crippen LogP contribution in [0.25, 0.3) is 0 Å². The van der Waals surface area contributed by atoms with Crippen LogP contribution < -0.4 is 5.32 Å². The molecule has 0 bridgehead atoms. The van der Waals surface area contributed by atoms with Crippen molar-refractivity contribution in [2.45, 2.75) is 43.4 Å². The minimum absolute atomic E-state index is 0.0121. The molecule has 1 fully saturated rings. The fraction of sp³-hybridized carbons (Fsp3) is 0.323. The van der Waals surface area contributed by atoms with Crippen LogP contribution in [0.1, 0.15) is 60.0 Å². The summed E-state index contributed by atoms with van der Waals surface area (Å²) in [7, 11) is -2.15. The summed E-state index contributed by atoms with van der Waals surface area (Å²) in [5.74, 6) is -1.07. The molecule has 2 heterocycles. The SMILES string of the molecule is CCCCN(C)S(=O)(=O)c1ccc2c(c1)C(C(=Nc1ccc(C(=O)N3CCCC3)cc1)c1ccccc1)C(=O)N2. The predicted octanol–water partition coefficient (Wildman–Crippen LogP) is 5.20. The van der Waals surface area contributed by atoms with Gasteiger partial charge in [0, 0.05) is 37.9 Å². The van der Waals surface area contributed by atoms with Crippen LogP contribution in [0.2, 0.25) is 0 Å². The van der Waals surface area contributed by atoms with E-state index < -0.39 is 15.9 Å². The van der Waals surface area contributed by atoms with E-state index in [1.165, 1.54) is 10.4 Å². The highest BCUT2D eigenvalue weighted by Crippen LogP contribution is 2.38. The highest BCUT2D eigenvalue weighted by molar-refractivity contribution is 7.89. The Morgan fingerprint density at radius 3 is 2.38 bits per heavy atom. The Bertz CT molecular complexity index is 1530. The van der Waals surface area contributed by atoms with E-state index in [-0.39, 0.29) is 16.7 Å². The van der Waals surface area contributed by atoms with Crippen LogP contribution in [0.5, 0.6) is 0 Å². The average molecular weight is 559 g/mol. The van der Waals surface area contributed by atoms with Gasteiger partial charge in [0.05, 0.1) is 16.3 Å². The van der Waals surface area contributed by atoms with Gasteiger partial charge in [0.25, 0.3) is 5.91 Å². The number of hydrogen-bond donors (Lipinski definition) is 1. The van der Waals surface area contributed by atoms with Crippen molar-refractivity contribution in [1.29, 1.82) is 0 Å². The molecule has 3 aromatic rings. The van der Waals surface area contributed by atoms with Gasteiger partial charge < -0.3 is 10.2 Å². The van der Waals surface area contributed by atoms with E-state index in [0.717, 1.165) is 44.3 Å². The summed E-state index contributed by atoms with van der Waals surface area (Å²) in [6.07, 6.45) is 3.69. The molecule has 1 unspecified atom stereocenters. The Labute approximate surface area is 235 Å². The molecule has 0 saturated carbocycles. The lowest BCUT2D eigenvalue weighted by Crippen LogP contribution is -2.28. The smallest absolute Gasteiger partial charge is 0.253 e. The molecular formula is C31H34N4O4S. The molecule has 208 valence electrons. The summed E-state index contributed by atoms with van der Waals surface area (Å²) in [6.45, 7) is 3.99. The van der Waals surface area contributed by atoms with Crippen LogP contribution >= 0.6 is 0 Å². The number of sulfonamides is 1. The summed E-state index contributed by atoms with van der Waals surface area (Å²) in [6, 6.07) is 21.3. The molecule has 0 radical (unpaired) electrons. The first-order chi connectivity index (χ1) is 19.3. The van der Waals surface area contributed by atoms with Gasteiger partial charge in [-0.1, -0.05) is 43.7 Å². The molecule has 3 aromatic carbocycles. The number of rotatable bonds is 9. The molecule has 0 aromatic heterocycles. The molecule has 0 aliphatic carbocycles. The number of carbonyl (C=O) groups excluding carboxylic acids is 2. The zero-order chi connectivity index (χ0) is 28.3. The van der Waals surface area contributed by atoms with Crippen molar-refractivity contribution >= 4 is 38.9 Å². The minimum Gasteiger partial charge on any atom is -0.339 e. The van der Waals surface area contributed by atoms with E-state index in [1.807, 2.05) is 42.2 Å². The van der Waals surface area contributed by atoms with Crippen LogP contribution in [-0.4, -0.2) is 61.8 Å². The van der Waals surface area contributed by atoms with Crippen molar-refractivity contribution in [3.8, 4) is 0 Å². The van der Waals surface area contributed by atoms with E-state index in [9.17, 15) is 18.0 Å². The number of likely N-dealkylation sites (tertiary alicyclic amines) is 1. The van der Waals surface area contributed by atoms with Crippen molar-refractivity contribution in [2.75, 3.05) is 32.0 Å². The molecule has 5 rings (SSSR count). The fourth-order valence-corrected chi connectivity index (χ4v) is 6.42. The summed E-state index contributed by atoms with van der Waals surface area (Å²) in [5, 5.41) is 2.90. The summed E-state index contributed by atoms with van der Waals surface area (Å²) in [5.41, 5.74) is 3.60. The van der Waals surface area contributed by atoms with Crippen molar-refractivity contribution in [3.05, 3.63) is 89.5 Å². The van der Waals surface area contributed by atoms with Gasteiger partial charge in [-0.3, -0.25) is 14.6 Å². The Kier molecular flexibility index (Phi) is 8.14. The first-order valence-corrected chi connectivity index (χ1v) is 15.2. The highest BCUT2D eigenvalue weighted by atomic mass is 32.2. The second-order valence-electron chi connectivity index (χ2n) is 10.3. The van der Waals surface area contributed by atoms with Gasteiger partial charge in [-0.15, -0.1) is 0 Å². The summed E-state index contributed by atoms with van der Waals surface area (Å²) < 4.78 is 28.0. The zero-order valence-corrected chi connectivity index (χ0v) is 23.7. The van der Waals surface area contributed by atoms with Gasteiger partial charge in [-0.25, -0.2) is 12.7 Å². The van der Waals surface area contributed by atoms with Gasteiger partial charge >= 0.3 is 0 Å². The van der Waals surface area contributed by atoms with Crippen LogP contribution in [0.4, 0.5) is 11.4 Å². The van der Waals surface area contributed by atoms with Crippen LogP contribution in [0, 0.1) is 0 Å². The Morgan fingerprint density at radius 1 is 1.00 bits per heavy atom. The zero-order valence-electron chi connectivity index (χ0n) is 22.8. The van der Waals surface area contributed by atoms with Gasteiger partial charge in [0.1, 0.15) is 5.92 Å². The van der Waals surface area contributed by atoms with Crippen molar-refractivity contribution < 1.29 is 18.0 Å². The van der Waals surface area contributed by atoms with Gasteiger partial charge in [0.15, 0.2) is 0 Å². The van der Waals surface area contributed by atoms with Crippen LogP contribution in [0.15, 0.2) is 82.7 Å². The summed E-state index contributed by atoms with van der Waals surface area (Å²) >= 11 is 0. The first kappa shape index (κ1) is 27.7. The van der Waals surface area contributed by atoms with E-state index in [0.29, 0.717) is 34.8 Å². The number of unbranched alkanes of at least 4 members (excludes halogenated alkanes) is 1. The monoisotopic (exact) mass is 558 g/mol. The third kappa shape index (κ3) is 5.57. The molecule has 2 aliphatic rings. The van der Waals surface area contributed by atoms with E-state index in [1.54, 1.807) is 43.4 Å². The second kappa shape index (κ2) is 11.7. The molecule has 1 atom stereocenters. The Morgan fingerprint density at radius 2 is 1.70 bits per heavy atom.